The monoisotopic (exact) mass is 338 g/mol. The first-order chi connectivity index (χ1) is 11.7. The van der Waals surface area contributed by atoms with Crippen molar-refractivity contribution in [2.75, 3.05) is 6.54 Å². The minimum Gasteiger partial charge on any atom is -0.357 e. The van der Waals surface area contributed by atoms with E-state index < -0.39 is 0 Å². The lowest BCUT2D eigenvalue weighted by Gasteiger charge is -2.26. The molecule has 0 atom stereocenters. The fourth-order valence-electron chi connectivity index (χ4n) is 3.66. The number of rotatable bonds is 3. The summed E-state index contributed by atoms with van der Waals surface area (Å²) >= 11 is 6.32. The number of benzene rings is 1. The Morgan fingerprint density at radius 3 is 3.00 bits per heavy atom. The van der Waals surface area contributed by atoms with Gasteiger partial charge in [0.05, 0.1) is 10.5 Å². The Kier molecular flexibility index (Phi) is 3.84. The third kappa shape index (κ3) is 2.50. The lowest BCUT2D eigenvalue weighted by molar-refractivity contribution is 0.245. The first-order valence-corrected chi connectivity index (χ1v) is 8.67. The molecule has 0 unspecified atom stereocenters. The van der Waals surface area contributed by atoms with Crippen molar-refractivity contribution in [2.45, 2.75) is 33.0 Å². The lowest BCUT2D eigenvalue weighted by Crippen LogP contribution is -2.29. The van der Waals surface area contributed by atoms with Gasteiger partial charge in [0.25, 0.3) is 0 Å². The van der Waals surface area contributed by atoms with E-state index in [0.29, 0.717) is 0 Å². The van der Waals surface area contributed by atoms with Crippen molar-refractivity contribution >= 4 is 22.5 Å². The molecule has 1 aliphatic heterocycles. The van der Waals surface area contributed by atoms with Gasteiger partial charge in [0.1, 0.15) is 11.8 Å². The number of fused-ring (bicyclic) bond motifs is 3. The van der Waals surface area contributed by atoms with Crippen molar-refractivity contribution in [2.24, 2.45) is 0 Å². The Morgan fingerprint density at radius 2 is 2.25 bits per heavy atom. The maximum absolute atomic E-state index is 9.21. The first kappa shape index (κ1) is 15.3. The van der Waals surface area contributed by atoms with Gasteiger partial charge >= 0.3 is 0 Å². The Labute approximate surface area is 146 Å². The molecule has 2 aromatic heterocycles. The lowest BCUT2D eigenvalue weighted by atomic mass is 10.0. The summed E-state index contributed by atoms with van der Waals surface area (Å²) in [6.45, 7) is 5.68. The van der Waals surface area contributed by atoms with E-state index in [9.17, 15) is 5.26 Å². The van der Waals surface area contributed by atoms with E-state index in [-0.39, 0.29) is 0 Å². The van der Waals surface area contributed by atoms with Crippen LogP contribution in [0.4, 0.5) is 0 Å². The summed E-state index contributed by atoms with van der Waals surface area (Å²) in [6, 6.07) is 10.4. The van der Waals surface area contributed by atoms with E-state index in [0.717, 1.165) is 48.8 Å². The maximum atomic E-state index is 9.21. The Hall–Kier alpha value is -2.22. The van der Waals surface area contributed by atoms with Gasteiger partial charge in [-0.2, -0.15) is 5.26 Å². The van der Waals surface area contributed by atoms with Crippen LogP contribution in [0.3, 0.4) is 0 Å². The summed E-state index contributed by atoms with van der Waals surface area (Å²) in [5.41, 5.74) is 5.65. The molecule has 1 aliphatic rings. The zero-order valence-corrected chi connectivity index (χ0v) is 14.4. The molecule has 0 spiro atoms. The van der Waals surface area contributed by atoms with Crippen LogP contribution >= 0.6 is 11.6 Å². The normalized spacial score (nSPS) is 14.7. The van der Waals surface area contributed by atoms with E-state index in [1.165, 1.54) is 22.2 Å². The SMILES string of the molecule is CCn1cc(CN2CCc3[nH]c4c(Cl)cccc4c3C2)cc1C#N. The molecule has 3 aromatic rings. The summed E-state index contributed by atoms with van der Waals surface area (Å²) in [7, 11) is 0. The van der Waals surface area contributed by atoms with Crippen LogP contribution in [0.5, 0.6) is 0 Å². The average molecular weight is 339 g/mol. The van der Waals surface area contributed by atoms with Crippen LogP contribution in [0.1, 0.15) is 29.4 Å². The van der Waals surface area contributed by atoms with Crippen molar-refractivity contribution in [1.82, 2.24) is 14.5 Å². The molecule has 1 N–H and O–H groups in total. The van der Waals surface area contributed by atoms with Gasteiger partial charge in [0, 0.05) is 49.9 Å². The van der Waals surface area contributed by atoms with E-state index >= 15 is 0 Å². The van der Waals surface area contributed by atoms with E-state index in [4.69, 9.17) is 11.6 Å². The highest BCUT2D eigenvalue weighted by Crippen LogP contribution is 2.32. The van der Waals surface area contributed by atoms with Gasteiger partial charge in [-0.3, -0.25) is 4.90 Å². The van der Waals surface area contributed by atoms with E-state index in [2.05, 4.69) is 35.1 Å². The third-order valence-electron chi connectivity index (χ3n) is 4.85. The van der Waals surface area contributed by atoms with Crippen molar-refractivity contribution in [1.29, 1.82) is 5.26 Å². The molecular weight excluding hydrogens is 320 g/mol. The Morgan fingerprint density at radius 1 is 1.38 bits per heavy atom. The second-order valence-electron chi connectivity index (χ2n) is 6.34. The number of H-pyrrole nitrogens is 1. The van der Waals surface area contributed by atoms with Crippen LogP contribution in [0, 0.1) is 11.3 Å². The number of hydrogen-bond donors (Lipinski definition) is 1. The molecule has 0 amide bonds. The van der Waals surface area contributed by atoms with Crippen molar-refractivity contribution < 1.29 is 0 Å². The van der Waals surface area contributed by atoms with Gasteiger partial charge in [-0.1, -0.05) is 23.7 Å². The fraction of sp³-hybridized carbons (Fsp3) is 0.316. The molecule has 5 heteroatoms. The van der Waals surface area contributed by atoms with Crippen molar-refractivity contribution in [3.8, 4) is 6.07 Å². The van der Waals surface area contributed by atoms with Crippen LogP contribution in [0.15, 0.2) is 30.5 Å². The molecule has 1 aromatic carbocycles. The molecular formula is C19H19ClN4. The number of nitrogens with zero attached hydrogens (tertiary/aromatic N) is 3. The quantitative estimate of drug-likeness (QED) is 0.782. The Balaban J connectivity index is 1.60. The van der Waals surface area contributed by atoms with Gasteiger partial charge in [-0.15, -0.1) is 0 Å². The maximum Gasteiger partial charge on any atom is 0.120 e. The van der Waals surface area contributed by atoms with E-state index in [1.807, 2.05) is 22.8 Å². The predicted octanol–water partition coefficient (Wildman–Crippen LogP) is 4.07. The smallest absolute Gasteiger partial charge is 0.120 e. The van der Waals surface area contributed by atoms with Crippen molar-refractivity contribution in [3.05, 3.63) is 58.0 Å². The van der Waals surface area contributed by atoms with Gasteiger partial charge in [-0.05, 0) is 30.2 Å². The number of aromatic amines is 1. The molecule has 0 bridgehead atoms. The summed E-state index contributed by atoms with van der Waals surface area (Å²) in [6.07, 6.45) is 3.10. The van der Waals surface area contributed by atoms with Gasteiger partial charge < -0.3 is 9.55 Å². The largest absolute Gasteiger partial charge is 0.357 e. The van der Waals surface area contributed by atoms with Crippen LogP contribution in [0.25, 0.3) is 10.9 Å². The molecule has 24 heavy (non-hydrogen) atoms. The van der Waals surface area contributed by atoms with Gasteiger partial charge in [0.2, 0.25) is 0 Å². The number of para-hydroxylation sites is 1. The molecule has 4 rings (SSSR count). The second kappa shape index (κ2) is 6.01. The summed E-state index contributed by atoms with van der Waals surface area (Å²) in [4.78, 5) is 5.93. The molecule has 0 saturated heterocycles. The highest BCUT2D eigenvalue weighted by Gasteiger charge is 2.22. The molecule has 0 aliphatic carbocycles. The minimum atomic E-state index is 0.740. The first-order valence-electron chi connectivity index (χ1n) is 8.29. The minimum absolute atomic E-state index is 0.740. The number of nitriles is 1. The molecule has 3 heterocycles. The summed E-state index contributed by atoms with van der Waals surface area (Å²) in [5, 5.41) is 11.2. The fourth-order valence-corrected chi connectivity index (χ4v) is 3.88. The average Bonchev–Trinajstić information content (AvgIpc) is 3.16. The van der Waals surface area contributed by atoms with Gasteiger partial charge in [-0.25, -0.2) is 0 Å². The predicted molar refractivity (Wildman–Crippen MR) is 95.9 cm³/mol. The van der Waals surface area contributed by atoms with Crippen LogP contribution in [-0.4, -0.2) is 21.0 Å². The summed E-state index contributed by atoms with van der Waals surface area (Å²) in [5.74, 6) is 0. The van der Waals surface area contributed by atoms with Crippen LogP contribution in [-0.2, 0) is 26.1 Å². The zero-order valence-electron chi connectivity index (χ0n) is 13.6. The number of hydrogen-bond acceptors (Lipinski definition) is 2. The summed E-state index contributed by atoms with van der Waals surface area (Å²) < 4.78 is 2.01. The number of nitrogens with one attached hydrogen (secondary N) is 1. The standard InChI is InChI=1S/C19H19ClN4/c1-2-24-11-13(8-14(24)9-21)10-23-7-6-18-16(12-23)15-4-3-5-17(20)19(15)22-18/h3-5,8,11,22H,2,6-7,10,12H2,1H3. The highest BCUT2D eigenvalue weighted by atomic mass is 35.5. The molecule has 4 nitrogen and oxygen atoms in total. The molecule has 0 fully saturated rings. The topological polar surface area (TPSA) is 47.8 Å². The Bertz CT molecular complexity index is 944. The van der Waals surface area contributed by atoms with Crippen LogP contribution < -0.4 is 0 Å². The highest BCUT2D eigenvalue weighted by molar-refractivity contribution is 6.35. The second-order valence-corrected chi connectivity index (χ2v) is 6.74. The van der Waals surface area contributed by atoms with Crippen LogP contribution in [0.2, 0.25) is 5.02 Å². The number of aryl methyl sites for hydroxylation is 1. The molecule has 122 valence electrons. The van der Waals surface area contributed by atoms with E-state index in [1.54, 1.807) is 0 Å². The molecule has 0 saturated carbocycles. The third-order valence-corrected chi connectivity index (χ3v) is 5.17. The zero-order chi connectivity index (χ0) is 16.7. The van der Waals surface area contributed by atoms with Crippen molar-refractivity contribution in [3.63, 3.8) is 0 Å². The van der Waals surface area contributed by atoms with Gasteiger partial charge in [0.15, 0.2) is 0 Å². The molecule has 0 radical (unpaired) electrons. The number of halogens is 1. The number of aromatic nitrogens is 2.